The van der Waals surface area contributed by atoms with Gasteiger partial charge in [-0.1, -0.05) is 6.08 Å². The summed E-state index contributed by atoms with van der Waals surface area (Å²) in [6.07, 6.45) is 3.38. The summed E-state index contributed by atoms with van der Waals surface area (Å²) in [5.74, 6) is 0. The van der Waals surface area contributed by atoms with Gasteiger partial charge < -0.3 is 9.84 Å². The van der Waals surface area contributed by atoms with Crippen LogP contribution in [0.1, 0.15) is 19.3 Å². The SMILES string of the molecule is C=CCN(C(=O)OC)[C@H]1CCC[C@@H]1O. The predicted octanol–water partition coefficient (Wildman–Crippen LogP) is 1.15. The van der Waals surface area contributed by atoms with Crippen LogP contribution in [0.3, 0.4) is 0 Å². The Morgan fingerprint density at radius 1 is 1.71 bits per heavy atom. The van der Waals surface area contributed by atoms with E-state index < -0.39 is 12.2 Å². The third-order valence-electron chi connectivity index (χ3n) is 2.58. The summed E-state index contributed by atoms with van der Waals surface area (Å²) in [4.78, 5) is 12.9. The van der Waals surface area contributed by atoms with Crippen LogP contribution in [0, 0.1) is 0 Å². The van der Waals surface area contributed by atoms with Crippen LogP contribution in [-0.4, -0.2) is 41.9 Å². The molecule has 0 unspecified atom stereocenters. The van der Waals surface area contributed by atoms with Crippen LogP contribution in [0.2, 0.25) is 0 Å². The van der Waals surface area contributed by atoms with Crippen molar-refractivity contribution in [1.29, 1.82) is 0 Å². The summed E-state index contributed by atoms with van der Waals surface area (Å²) in [7, 11) is 1.35. The fourth-order valence-electron chi connectivity index (χ4n) is 1.89. The first-order chi connectivity index (χ1) is 6.70. The number of carbonyl (C=O) groups excluding carboxylic acids is 1. The largest absolute Gasteiger partial charge is 0.453 e. The van der Waals surface area contributed by atoms with Gasteiger partial charge in [0.05, 0.1) is 19.3 Å². The van der Waals surface area contributed by atoms with Gasteiger partial charge in [-0.15, -0.1) is 6.58 Å². The highest BCUT2D eigenvalue weighted by molar-refractivity contribution is 5.68. The van der Waals surface area contributed by atoms with E-state index in [0.29, 0.717) is 6.54 Å². The second-order valence-electron chi connectivity index (χ2n) is 3.48. The highest BCUT2D eigenvalue weighted by atomic mass is 16.5. The standard InChI is InChI=1S/C10H17NO3/c1-3-7-11(10(13)14-2)8-5-4-6-9(8)12/h3,8-9,12H,1,4-7H2,2H3/t8-,9-/m0/s1. The monoisotopic (exact) mass is 199 g/mol. The van der Waals surface area contributed by atoms with Gasteiger partial charge in [-0.2, -0.15) is 0 Å². The maximum Gasteiger partial charge on any atom is 0.410 e. The fourth-order valence-corrected chi connectivity index (χ4v) is 1.89. The number of aliphatic hydroxyl groups is 1. The van der Waals surface area contributed by atoms with Crippen molar-refractivity contribution in [1.82, 2.24) is 4.90 Å². The molecule has 1 fully saturated rings. The summed E-state index contributed by atoms with van der Waals surface area (Å²) >= 11 is 0. The summed E-state index contributed by atoms with van der Waals surface area (Å²) in [6.45, 7) is 4.01. The Balaban J connectivity index is 2.65. The van der Waals surface area contributed by atoms with E-state index in [2.05, 4.69) is 11.3 Å². The Kier molecular flexibility index (Phi) is 3.95. The molecule has 1 rings (SSSR count). The van der Waals surface area contributed by atoms with Crippen LogP contribution in [-0.2, 0) is 4.74 Å². The number of nitrogens with zero attached hydrogens (tertiary/aromatic N) is 1. The third kappa shape index (κ3) is 2.26. The molecule has 0 bridgehead atoms. The molecule has 0 aromatic heterocycles. The average Bonchev–Trinajstić information content (AvgIpc) is 2.60. The number of rotatable bonds is 3. The molecule has 0 spiro atoms. The molecule has 2 atom stereocenters. The maximum atomic E-state index is 11.4. The normalized spacial score (nSPS) is 25.9. The molecule has 1 amide bonds. The van der Waals surface area contributed by atoms with E-state index in [4.69, 9.17) is 0 Å². The van der Waals surface area contributed by atoms with Crippen molar-refractivity contribution in [2.75, 3.05) is 13.7 Å². The molecule has 1 aliphatic rings. The number of methoxy groups -OCH3 is 1. The minimum absolute atomic E-state index is 0.111. The minimum atomic E-state index is -0.422. The molecule has 1 N–H and O–H groups in total. The van der Waals surface area contributed by atoms with Crippen molar-refractivity contribution in [3.63, 3.8) is 0 Å². The van der Waals surface area contributed by atoms with Gasteiger partial charge in [-0.05, 0) is 19.3 Å². The van der Waals surface area contributed by atoms with Gasteiger partial charge in [-0.3, -0.25) is 4.90 Å². The molecule has 0 radical (unpaired) electrons. The van der Waals surface area contributed by atoms with Crippen LogP contribution >= 0.6 is 0 Å². The van der Waals surface area contributed by atoms with Crippen LogP contribution in [0.15, 0.2) is 12.7 Å². The molecule has 0 saturated heterocycles. The average molecular weight is 199 g/mol. The highest BCUT2D eigenvalue weighted by Gasteiger charge is 2.33. The smallest absolute Gasteiger partial charge is 0.410 e. The number of aliphatic hydroxyl groups excluding tert-OH is 1. The van der Waals surface area contributed by atoms with Crippen molar-refractivity contribution in [2.24, 2.45) is 0 Å². The van der Waals surface area contributed by atoms with E-state index in [0.717, 1.165) is 19.3 Å². The lowest BCUT2D eigenvalue weighted by molar-refractivity contribution is 0.0620. The molecule has 1 aliphatic carbocycles. The first-order valence-electron chi connectivity index (χ1n) is 4.84. The van der Waals surface area contributed by atoms with Gasteiger partial charge >= 0.3 is 6.09 Å². The quantitative estimate of drug-likeness (QED) is 0.694. The molecule has 0 aromatic carbocycles. The first-order valence-corrected chi connectivity index (χ1v) is 4.84. The molecule has 4 nitrogen and oxygen atoms in total. The fraction of sp³-hybridized carbons (Fsp3) is 0.700. The molecule has 0 aromatic rings. The van der Waals surface area contributed by atoms with Crippen LogP contribution in [0.4, 0.5) is 4.79 Å². The van der Waals surface area contributed by atoms with E-state index in [-0.39, 0.29) is 6.04 Å². The molecular formula is C10H17NO3. The Hall–Kier alpha value is -1.03. The van der Waals surface area contributed by atoms with E-state index >= 15 is 0 Å². The highest BCUT2D eigenvalue weighted by Crippen LogP contribution is 2.24. The lowest BCUT2D eigenvalue weighted by atomic mass is 10.2. The van der Waals surface area contributed by atoms with E-state index in [9.17, 15) is 9.90 Å². The van der Waals surface area contributed by atoms with Gasteiger partial charge in [0.15, 0.2) is 0 Å². The van der Waals surface area contributed by atoms with Crippen molar-refractivity contribution in [3.8, 4) is 0 Å². The molecule has 80 valence electrons. The summed E-state index contributed by atoms with van der Waals surface area (Å²) in [5.41, 5.74) is 0. The van der Waals surface area contributed by atoms with Gasteiger partial charge in [0.1, 0.15) is 0 Å². The van der Waals surface area contributed by atoms with Crippen molar-refractivity contribution in [3.05, 3.63) is 12.7 Å². The van der Waals surface area contributed by atoms with Crippen LogP contribution in [0.25, 0.3) is 0 Å². The molecule has 14 heavy (non-hydrogen) atoms. The van der Waals surface area contributed by atoms with E-state index in [1.807, 2.05) is 0 Å². The zero-order chi connectivity index (χ0) is 10.6. The second-order valence-corrected chi connectivity index (χ2v) is 3.48. The van der Waals surface area contributed by atoms with Gasteiger partial charge in [0.25, 0.3) is 0 Å². The van der Waals surface area contributed by atoms with E-state index in [1.165, 1.54) is 12.0 Å². The lowest BCUT2D eigenvalue weighted by Gasteiger charge is -2.28. The zero-order valence-electron chi connectivity index (χ0n) is 8.48. The van der Waals surface area contributed by atoms with Crippen LogP contribution < -0.4 is 0 Å². The Morgan fingerprint density at radius 2 is 2.43 bits per heavy atom. The third-order valence-corrected chi connectivity index (χ3v) is 2.58. The molecule has 0 heterocycles. The van der Waals surface area contributed by atoms with Gasteiger partial charge in [-0.25, -0.2) is 4.79 Å². The number of carbonyl (C=O) groups is 1. The Morgan fingerprint density at radius 3 is 2.86 bits per heavy atom. The molecule has 4 heteroatoms. The topological polar surface area (TPSA) is 49.8 Å². The second kappa shape index (κ2) is 5.00. The van der Waals surface area contributed by atoms with Crippen LogP contribution in [0.5, 0.6) is 0 Å². The summed E-state index contributed by atoms with van der Waals surface area (Å²) in [5, 5.41) is 9.65. The van der Waals surface area contributed by atoms with Gasteiger partial charge in [0.2, 0.25) is 0 Å². The van der Waals surface area contributed by atoms with Gasteiger partial charge in [0, 0.05) is 6.54 Å². The Bertz CT molecular complexity index is 217. The van der Waals surface area contributed by atoms with Crippen molar-refractivity contribution in [2.45, 2.75) is 31.4 Å². The molecule has 0 aliphatic heterocycles. The summed E-state index contributed by atoms with van der Waals surface area (Å²) in [6, 6.07) is -0.111. The number of amides is 1. The van der Waals surface area contributed by atoms with E-state index in [1.54, 1.807) is 6.08 Å². The lowest BCUT2D eigenvalue weighted by Crippen LogP contribution is -2.44. The molecule has 1 saturated carbocycles. The predicted molar refractivity (Wildman–Crippen MR) is 53.0 cm³/mol. The maximum absolute atomic E-state index is 11.4. The Labute approximate surface area is 84.2 Å². The number of ether oxygens (including phenoxy) is 1. The number of hydrogen-bond donors (Lipinski definition) is 1. The zero-order valence-corrected chi connectivity index (χ0v) is 8.48. The summed E-state index contributed by atoms with van der Waals surface area (Å²) < 4.78 is 4.65. The number of hydrogen-bond acceptors (Lipinski definition) is 3. The minimum Gasteiger partial charge on any atom is -0.453 e. The van der Waals surface area contributed by atoms with Crippen molar-refractivity contribution >= 4 is 6.09 Å². The van der Waals surface area contributed by atoms with Crippen molar-refractivity contribution < 1.29 is 14.6 Å². The molecular weight excluding hydrogens is 182 g/mol. The first kappa shape index (κ1) is 11.0.